The summed E-state index contributed by atoms with van der Waals surface area (Å²) in [7, 11) is 0. The van der Waals surface area contributed by atoms with Crippen molar-refractivity contribution in [2.75, 3.05) is 13.1 Å². The lowest BCUT2D eigenvalue weighted by atomic mass is 9.96. The summed E-state index contributed by atoms with van der Waals surface area (Å²) in [6, 6.07) is 9.83. The minimum atomic E-state index is -0.919. The normalized spacial score (nSPS) is 14.2. The number of piperidine rings is 1. The molecule has 1 heterocycles. The molecule has 2 aromatic carbocycles. The average molecular weight is 427 g/mol. The third-order valence-electron chi connectivity index (χ3n) is 5.16. The Kier molecular flexibility index (Phi) is 6.61. The lowest BCUT2D eigenvalue weighted by molar-refractivity contribution is -0.384. The van der Waals surface area contributed by atoms with Gasteiger partial charge in [-0.05, 0) is 36.6 Å². The standard InChI is InChI=1S/C21H21N3O7/c22-12-13-1-3-15(4-2-13)21(28)31-18-6-5-16(24(29)30)11-17(18)19(25)23-9-7-14(8-10-23)20(26)27/h1-6,11,14H,7-10,12,22H2,(H,26,27). The Balaban J connectivity index is 1.85. The Morgan fingerprint density at radius 3 is 2.32 bits per heavy atom. The topological polar surface area (TPSA) is 153 Å². The number of nitrogens with zero attached hydrogens (tertiary/aromatic N) is 2. The molecule has 0 unspecified atom stereocenters. The highest BCUT2D eigenvalue weighted by Gasteiger charge is 2.30. The number of benzene rings is 2. The van der Waals surface area contributed by atoms with Crippen molar-refractivity contribution >= 4 is 23.5 Å². The number of carboxylic acids is 1. The molecule has 0 aromatic heterocycles. The molecule has 31 heavy (non-hydrogen) atoms. The van der Waals surface area contributed by atoms with E-state index in [-0.39, 0.29) is 48.5 Å². The van der Waals surface area contributed by atoms with Crippen LogP contribution < -0.4 is 10.5 Å². The quantitative estimate of drug-likeness (QED) is 0.308. The van der Waals surface area contributed by atoms with Gasteiger partial charge in [0.1, 0.15) is 5.75 Å². The van der Waals surface area contributed by atoms with E-state index < -0.39 is 28.7 Å². The van der Waals surface area contributed by atoms with Crippen LogP contribution >= 0.6 is 0 Å². The lowest BCUT2D eigenvalue weighted by Gasteiger charge is -2.30. The van der Waals surface area contributed by atoms with Crippen LogP contribution in [0.1, 0.15) is 39.1 Å². The van der Waals surface area contributed by atoms with Gasteiger partial charge in [-0.1, -0.05) is 12.1 Å². The maximum Gasteiger partial charge on any atom is 0.343 e. The smallest absolute Gasteiger partial charge is 0.343 e. The van der Waals surface area contributed by atoms with Crippen molar-refractivity contribution in [3.8, 4) is 5.75 Å². The van der Waals surface area contributed by atoms with Gasteiger partial charge in [0, 0.05) is 31.8 Å². The number of hydrogen-bond acceptors (Lipinski definition) is 7. The molecule has 10 heteroatoms. The van der Waals surface area contributed by atoms with Gasteiger partial charge in [-0.2, -0.15) is 0 Å². The Hall–Kier alpha value is -3.79. The van der Waals surface area contributed by atoms with Gasteiger partial charge in [-0.15, -0.1) is 0 Å². The molecular weight excluding hydrogens is 406 g/mol. The van der Waals surface area contributed by atoms with E-state index in [2.05, 4.69) is 0 Å². The number of carbonyl (C=O) groups is 3. The number of ether oxygens (including phenoxy) is 1. The fourth-order valence-corrected chi connectivity index (χ4v) is 3.32. The monoisotopic (exact) mass is 427 g/mol. The van der Waals surface area contributed by atoms with Crippen molar-refractivity contribution in [1.29, 1.82) is 0 Å². The van der Waals surface area contributed by atoms with Crippen LogP contribution in [-0.2, 0) is 11.3 Å². The number of carboxylic acid groups (broad SMARTS) is 1. The van der Waals surface area contributed by atoms with Crippen LogP contribution in [0, 0.1) is 16.0 Å². The minimum absolute atomic E-state index is 0.108. The fraction of sp³-hybridized carbons (Fsp3) is 0.286. The van der Waals surface area contributed by atoms with Crippen LogP contribution in [-0.4, -0.2) is 45.9 Å². The number of esters is 1. The zero-order valence-corrected chi connectivity index (χ0v) is 16.5. The third kappa shape index (κ3) is 5.04. The average Bonchev–Trinajstić information content (AvgIpc) is 2.78. The summed E-state index contributed by atoms with van der Waals surface area (Å²) in [4.78, 5) is 48.6. The number of nitro groups is 1. The number of aliphatic carboxylic acids is 1. The summed E-state index contributed by atoms with van der Waals surface area (Å²) in [6.45, 7) is 0.688. The molecule has 3 N–H and O–H groups in total. The molecule has 1 amide bonds. The van der Waals surface area contributed by atoms with Gasteiger partial charge in [0.15, 0.2) is 0 Å². The van der Waals surface area contributed by atoms with Gasteiger partial charge < -0.3 is 20.5 Å². The first kappa shape index (κ1) is 21.9. The maximum absolute atomic E-state index is 13.0. The second kappa shape index (κ2) is 9.35. The second-order valence-electron chi connectivity index (χ2n) is 7.13. The maximum atomic E-state index is 13.0. The number of non-ortho nitro benzene ring substituents is 1. The number of nitro benzene ring substituents is 1. The van der Waals surface area contributed by atoms with Crippen molar-refractivity contribution in [2.45, 2.75) is 19.4 Å². The highest BCUT2D eigenvalue weighted by molar-refractivity contribution is 5.99. The van der Waals surface area contributed by atoms with Crippen LogP contribution in [0.4, 0.5) is 5.69 Å². The number of carbonyl (C=O) groups excluding carboxylic acids is 2. The molecule has 1 aliphatic rings. The lowest BCUT2D eigenvalue weighted by Crippen LogP contribution is -2.40. The van der Waals surface area contributed by atoms with Crippen molar-refractivity contribution in [1.82, 2.24) is 4.90 Å². The molecule has 1 fully saturated rings. The SMILES string of the molecule is NCc1ccc(C(=O)Oc2ccc([N+](=O)[O-])cc2C(=O)N2CCC(C(=O)O)CC2)cc1. The van der Waals surface area contributed by atoms with E-state index in [0.29, 0.717) is 6.54 Å². The molecular formula is C21H21N3O7. The van der Waals surface area contributed by atoms with E-state index in [1.54, 1.807) is 12.1 Å². The molecule has 0 radical (unpaired) electrons. The Bertz CT molecular complexity index is 1010. The zero-order chi connectivity index (χ0) is 22.5. The van der Waals surface area contributed by atoms with Crippen molar-refractivity contribution in [2.24, 2.45) is 11.7 Å². The van der Waals surface area contributed by atoms with Crippen LogP contribution in [0.15, 0.2) is 42.5 Å². The number of likely N-dealkylation sites (tertiary alicyclic amines) is 1. The zero-order valence-electron chi connectivity index (χ0n) is 16.5. The van der Waals surface area contributed by atoms with E-state index in [4.69, 9.17) is 15.6 Å². The molecule has 2 aromatic rings. The molecule has 0 spiro atoms. The summed E-state index contributed by atoms with van der Waals surface area (Å²) in [6.07, 6.45) is 0.553. The Morgan fingerprint density at radius 2 is 1.77 bits per heavy atom. The predicted octanol–water partition coefficient (Wildman–Crippen LogP) is 2.21. The number of hydrogen-bond donors (Lipinski definition) is 2. The van der Waals surface area contributed by atoms with Gasteiger partial charge in [-0.3, -0.25) is 19.7 Å². The summed E-state index contributed by atoms with van der Waals surface area (Å²) in [5, 5.41) is 20.3. The van der Waals surface area contributed by atoms with Crippen LogP contribution in [0.2, 0.25) is 0 Å². The van der Waals surface area contributed by atoms with Gasteiger partial charge in [0.25, 0.3) is 11.6 Å². The molecule has 162 valence electrons. The first-order valence-electron chi connectivity index (χ1n) is 9.62. The number of amides is 1. The van der Waals surface area contributed by atoms with E-state index in [9.17, 15) is 24.5 Å². The summed E-state index contributed by atoms with van der Waals surface area (Å²) in [5.74, 6) is -2.85. The molecule has 0 bridgehead atoms. The first-order chi connectivity index (χ1) is 14.8. The summed E-state index contributed by atoms with van der Waals surface area (Å²) < 4.78 is 5.38. The van der Waals surface area contributed by atoms with Crippen LogP contribution in [0.5, 0.6) is 5.75 Å². The largest absolute Gasteiger partial charge is 0.481 e. The molecule has 1 saturated heterocycles. The van der Waals surface area contributed by atoms with Gasteiger partial charge in [0.05, 0.1) is 22.0 Å². The van der Waals surface area contributed by atoms with E-state index in [1.807, 2.05) is 0 Å². The van der Waals surface area contributed by atoms with Gasteiger partial charge >= 0.3 is 11.9 Å². The first-order valence-corrected chi connectivity index (χ1v) is 9.62. The summed E-state index contributed by atoms with van der Waals surface area (Å²) in [5.41, 5.74) is 6.15. The summed E-state index contributed by atoms with van der Waals surface area (Å²) >= 11 is 0. The Morgan fingerprint density at radius 1 is 1.13 bits per heavy atom. The Labute approximate surface area is 177 Å². The van der Waals surface area contributed by atoms with Gasteiger partial charge in [0.2, 0.25) is 0 Å². The highest BCUT2D eigenvalue weighted by atomic mass is 16.6. The van der Waals surface area contributed by atoms with Crippen LogP contribution in [0.3, 0.4) is 0 Å². The van der Waals surface area contributed by atoms with E-state index in [0.717, 1.165) is 17.7 Å². The van der Waals surface area contributed by atoms with E-state index >= 15 is 0 Å². The minimum Gasteiger partial charge on any atom is -0.481 e. The molecule has 10 nitrogen and oxygen atoms in total. The molecule has 3 rings (SSSR count). The predicted molar refractivity (Wildman–Crippen MR) is 109 cm³/mol. The van der Waals surface area contributed by atoms with Crippen molar-refractivity contribution < 1.29 is 29.2 Å². The van der Waals surface area contributed by atoms with E-state index in [1.165, 1.54) is 23.1 Å². The third-order valence-corrected chi connectivity index (χ3v) is 5.16. The highest BCUT2D eigenvalue weighted by Crippen LogP contribution is 2.28. The van der Waals surface area contributed by atoms with Crippen LogP contribution in [0.25, 0.3) is 0 Å². The number of nitrogens with two attached hydrogens (primary N) is 1. The molecule has 0 aliphatic carbocycles. The molecule has 0 atom stereocenters. The number of rotatable bonds is 6. The molecule has 0 saturated carbocycles. The molecule has 1 aliphatic heterocycles. The second-order valence-corrected chi connectivity index (χ2v) is 7.13. The van der Waals surface area contributed by atoms with Crippen molar-refractivity contribution in [3.05, 3.63) is 69.3 Å². The van der Waals surface area contributed by atoms with Gasteiger partial charge in [-0.25, -0.2) is 4.79 Å². The fourth-order valence-electron chi connectivity index (χ4n) is 3.32. The van der Waals surface area contributed by atoms with Crippen molar-refractivity contribution in [3.63, 3.8) is 0 Å².